The predicted octanol–water partition coefficient (Wildman–Crippen LogP) is 5.21. The van der Waals surface area contributed by atoms with E-state index in [-0.39, 0.29) is 5.56 Å². The summed E-state index contributed by atoms with van der Waals surface area (Å²) in [5.41, 5.74) is 1.25. The van der Waals surface area contributed by atoms with Crippen molar-refractivity contribution in [1.82, 2.24) is 0 Å². The van der Waals surface area contributed by atoms with Crippen molar-refractivity contribution < 1.29 is 8.78 Å². The minimum Gasteiger partial charge on any atom is -0.202 e. The number of halogens is 2. The summed E-state index contributed by atoms with van der Waals surface area (Å²) in [7, 11) is 0. The molecule has 92 valence electrons. The van der Waals surface area contributed by atoms with Crippen LogP contribution in [0.4, 0.5) is 20.2 Å². The lowest BCUT2D eigenvalue weighted by atomic mass is 10.1. The molecule has 18 heavy (non-hydrogen) atoms. The maximum Gasteiger partial charge on any atom is 0.270 e. The van der Waals surface area contributed by atoms with Crippen molar-refractivity contribution in [2.24, 2.45) is 10.2 Å². The molecule has 0 aliphatic heterocycles. The van der Waals surface area contributed by atoms with Gasteiger partial charge in [-0.15, -0.1) is 0 Å². The summed E-state index contributed by atoms with van der Waals surface area (Å²) in [5, 5.41) is 7.99. The van der Waals surface area contributed by atoms with E-state index < -0.39 is 5.92 Å². The van der Waals surface area contributed by atoms with E-state index in [0.29, 0.717) is 5.69 Å². The number of azo groups is 1. The maximum atomic E-state index is 13.0. The Balaban J connectivity index is 2.14. The summed E-state index contributed by atoms with van der Waals surface area (Å²) >= 11 is 0. The third kappa shape index (κ3) is 3.20. The molecule has 0 aromatic heterocycles. The Labute approximate surface area is 104 Å². The molecule has 0 fully saturated rings. The Morgan fingerprint density at radius 1 is 0.778 bits per heavy atom. The van der Waals surface area contributed by atoms with Crippen molar-refractivity contribution in [3.05, 3.63) is 60.2 Å². The molecule has 2 aromatic carbocycles. The van der Waals surface area contributed by atoms with E-state index in [1.54, 1.807) is 0 Å². The van der Waals surface area contributed by atoms with Crippen molar-refractivity contribution in [1.29, 1.82) is 0 Å². The van der Waals surface area contributed by atoms with Gasteiger partial charge in [0.2, 0.25) is 0 Å². The van der Waals surface area contributed by atoms with Gasteiger partial charge in [-0.05, 0) is 24.3 Å². The fourth-order valence-corrected chi connectivity index (χ4v) is 1.43. The van der Waals surface area contributed by atoms with Crippen LogP contribution in [-0.2, 0) is 5.92 Å². The van der Waals surface area contributed by atoms with Gasteiger partial charge in [-0.3, -0.25) is 0 Å². The molecule has 2 nitrogen and oxygen atoms in total. The normalized spacial score (nSPS) is 11.9. The van der Waals surface area contributed by atoms with E-state index in [2.05, 4.69) is 10.2 Å². The Morgan fingerprint density at radius 2 is 1.28 bits per heavy atom. The predicted molar refractivity (Wildman–Crippen MR) is 66.6 cm³/mol. The molecule has 0 bridgehead atoms. The number of alkyl halides is 2. The number of rotatable bonds is 3. The Kier molecular flexibility index (Phi) is 3.46. The molecule has 2 aromatic rings. The molecule has 0 saturated carbocycles. The van der Waals surface area contributed by atoms with Gasteiger partial charge in [-0.25, -0.2) is 8.78 Å². The first kappa shape index (κ1) is 12.4. The number of hydrogen-bond acceptors (Lipinski definition) is 2. The first-order valence-corrected chi connectivity index (χ1v) is 5.51. The van der Waals surface area contributed by atoms with Crippen molar-refractivity contribution in [3.63, 3.8) is 0 Å². The van der Waals surface area contributed by atoms with Crippen LogP contribution in [0.5, 0.6) is 0 Å². The van der Waals surface area contributed by atoms with Gasteiger partial charge in [0, 0.05) is 12.5 Å². The molecule has 0 atom stereocenters. The fraction of sp³-hybridized carbons (Fsp3) is 0.143. The lowest BCUT2D eigenvalue weighted by Crippen LogP contribution is -2.05. The van der Waals surface area contributed by atoms with E-state index in [9.17, 15) is 8.78 Å². The van der Waals surface area contributed by atoms with E-state index in [1.165, 1.54) is 24.3 Å². The van der Waals surface area contributed by atoms with Crippen molar-refractivity contribution in [2.45, 2.75) is 12.8 Å². The molecule has 0 radical (unpaired) electrons. The van der Waals surface area contributed by atoms with Gasteiger partial charge in [0.05, 0.1) is 11.4 Å². The van der Waals surface area contributed by atoms with Gasteiger partial charge < -0.3 is 0 Å². The Bertz CT molecular complexity index is 528. The van der Waals surface area contributed by atoms with Crippen LogP contribution < -0.4 is 0 Å². The molecule has 4 heteroatoms. The third-order valence-electron chi connectivity index (χ3n) is 2.41. The zero-order valence-corrected chi connectivity index (χ0v) is 9.85. The molecule has 0 aliphatic rings. The summed E-state index contributed by atoms with van der Waals surface area (Å²) < 4.78 is 26.0. The molecule has 0 spiro atoms. The van der Waals surface area contributed by atoms with Crippen LogP contribution in [0.25, 0.3) is 0 Å². The van der Waals surface area contributed by atoms with Crippen LogP contribution in [0.15, 0.2) is 64.8 Å². The highest BCUT2D eigenvalue weighted by molar-refractivity contribution is 5.41. The minimum absolute atomic E-state index is 0.0267. The maximum absolute atomic E-state index is 13.0. The molecule has 0 aliphatic carbocycles. The zero-order valence-electron chi connectivity index (χ0n) is 9.85. The Morgan fingerprint density at radius 3 is 1.78 bits per heavy atom. The number of hydrogen-bond donors (Lipinski definition) is 0. The first-order valence-electron chi connectivity index (χ1n) is 5.51. The average Bonchev–Trinajstić information content (AvgIpc) is 2.37. The van der Waals surface area contributed by atoms with E-state index in [4.69, 9.17) is 0 Å². The van der Waals surface area contributed by atoms with Gasteiger partial charge in [-0.2, -0.15) is 10.2 Å². The van der Waals surface area contributed by atoms with Crippen LogP contribution >= 0.6 is 0 Å². The molecule has 2 rings (SSSR count). The van der Waals surface area contributed by atoms with Crippen LogP contribution in [-0.4, -0.2) is 0 Å². The average molecular weight is 246 g/mol. The van der Waals surface area contributed by atoms with Crippen molar-refractivity contribution in [2.75, 3.05) is 0 Å². The topological polar surface area (TPSA) is 24.7 Å². The first-order chi connectivity index (χ1) is 8.55. The summed E-state index contributed by atoms with van der Waals surface area (Å²) in [6.45, 7) is 0.869. The summed E-state index contributed by atoms with van der Waals surface area (Å²) in [6, 6.07) is 15.0. The number of benzene rings is 2. The quantitative estimate of drug-likeness (QED) is 0.664. The molecule has 0 heterocycles. The van der Waals surface area contributed by atoms with Crippen LogP contribution in [0.2, 0.25) is 0 Å². The standard InChI is InChI=1S/C14H12F2N2/c1-14(15,16)11-7-9-13(10-8-11)18-17-12-5-3-2-4-6-12/h2-10H,1H3. The highest BCUT2D eigenvalue weighted by atomic mass is 19.3. The van der Waals surface area contributed by atoms with E-state index in [1.807, 2.05) is 30.3 Å². The SMILES string of the molecule is CC(F)(F)c1ccc(N=Nc2ccccc2)cc1. The van der Waals surface area contributed by atoms with Crippen molar-refractivity contribution >= 4 is 11.4 Å². The molecule has 0 unspecified atom stereocenters. The second-order valence-electron chi connectivity index (χ2n) is 3.97. The minimum atomic E-state index is -2.82. The summed E-state index contributed by atoms with van der Waals surface area (Å²) in [5.74, 6) is -2.82. The van der Waals surface area contributed by atoms with Gasteiger partial charge in [0.15, 0.2) is 0 Å². The van der Waals surface area contributed by atoms with Crippen LogP contribution in [0.1, 0.15) is 12.5 Å². The molecule has 0 N–H and O–H groups in total. The van der Waals surface area contributed by atoms with Gasteiger partial charge in [0.1, 0.15) is 0 Å². The summed E-state index contributed by atoms with van der Waals surface area (Å²) in [4.78, 5) is 0. The second kappa shape index (κ2) is 5.04. The third-order valence-corrected chi connectivity index (χ3v) is 2.41. The lowest BCUT2D eigenvalue weighted by molar-refractivity contribution is 0.0175. The van der Waals surface area contributed by atoms with Crippen LogP contribution in [0.3, 0.4) is 0 Å². The largest absolute Gasteiger partial charge is 0.270 e. The van der Waals surface area contributed by atoms with Crippen molar-refractivity contribution in [3.8, 4) is 0 Å². The Hall–Kier alpha value is -2.10. The highest BCUT2D eigenvalue weighted by Gasteiger charge is 2.23. The fourth-order valence-electron chi connectivity index (χ4n) is 1.43. The molecule has 0 saturated heterocycles. The number of nitrogens with zero attached hydrogens (tertiary/aromatic N) is 2. The summed E-state index contributed by atoms with van der Waals surface area (Å²) in [6.07, 6.45) is 0. The van der Waals surface area contributed by atoms with Gasteiger partial charge in [-0.1, -0.05) is 30.3 Å². The lowest BCUT2D eigenvalue weighted by Gasteiger charge is -2.09. The monoisotopic (exact) mass is 246 g/mol. The van der Waals surface area contributed by atoms with Gasteiger partial charge >= 0.3 is 0 Å². The van der Waals surface area contributed by atoms with E-state index in [0.717, 1.165) is 12.6 Å². The zero-order chi connectivity index (χ0) is 13.0. The molecule has 0 amide bonds. The van der Waals surface area contributed by atoms with Crippen LogP contribution in [0, 0.1) is 0 Å². The second-order valence-corrected chi connectivity index (χ2v) is 3.97. The molecular formula is C14H12F2N2. The van der Waals surface area contributed by atoms with Gasteiger partial charge in [0.25, 0.3) is 5.92 Å². The highest BCUT2D eigenvalue weighted by Crippen LogP contribution is 2.28. The van der Waals surface area contributed by atoms with E-state index >= 15 is 0 Å². The smallest absolute Gasteiger partial charge is 0.202 e. The molecular weight excluding hydrogens is 234 g/mol.